The smallest absolute Gasteiger partial charge is 0.0315 e. The van der Waals surface area contributed by atoms with Crippen LogP contribution in [0.15, 0.2) is 48.8 Å². The Morgan fingerprint density at radius 1 is 1.10 bits per heavy atom. The molecule has 0 aliphatic heterocycles. The van der Waals surface area contributed by atoms with E-state index in [9.17, 15) is 0 Å². The highest BCUT2D eigenvalue weighted by Gasteiger charge is 2.08. The summed E-state index contributed by atoms with van der Waals surface area (Å²) in [4.78, 5) is 6.57. The first-order valence-electron chi connectivity index (χ1n) is 6.65. The Hall–Kier alpha value is -1.42. The molecule has 0 unspecified atom stereocenters. The lowest BCUT2D eigenvalue weighted by atomic mass is 10.1. The van der Waals surface area contributed by atoms with Gasteiger partial charge in [-0.05, 0) is 29.7 Å². The second-order valence-corrected chi connectivity index (χ2v) is 4.79. The minimum atomic E-state index is 0. The van der Waals surface area contributed by atoms with E-state index >= 15 is 0 Å². The van der Waals surface area contributed by atoms with Gasteiger partial charge in [-0.3, -0.25) is 9.88 Å². The zero-order valence-corrected chi connectivity index (χ0v) is 12.6. The minimum Gasteiger partial charge on any atom is -0.329 e. The molecule has 20 heavy (non-hydrogen) atoms. The fourth-order valence-corrected chi connectivity index (χ4v) is 2.14. The van der Waals surface area contributed by atoms with Gasteiger partial charge in [0.25, 0.3) is 0 Å². The minimum absolute atomic E-state index is 0. The first-order chi connectivity index (χ1) is 9.29. The highest BCUT2D eigenvalue weighted by atomic mass is 35.5. The van der Waals surface area contributed by atoms with Gasteiger partial charge in [0, 0.05) is 38.6 Å². The standard InChI is InChI=1S/C16H21N3.ClH/c1-14-7-9-18-11-16(14)13-19(10-8-17)12-15-5-3-2-4-6-15;/h2-7,9,11H,8,10,12-13,17H2,1H3;1H. The molecule has 0 saturated heterocycles. The largest absolute Gasteiger partial charge is 0.329 e. The Bertz CT molecular complexity index is 502. The lowest BCUT2D eigenvalue weighted by molar-refractivity contribution is 0.263. The van der Waals surface area contributed by atoms with Gasteiger partial charge in [0.1, 0.15) is 0 Å². The van der Waals surface area contributed by atoms with Crippen LogP contribution in [0.4, 0.5) is 0 Å². The Morgan fingerprint density at radius 2 is 1.85 bits per heavy atom. The van der Waals surface area contributed by atoms with E-state index in [4.69, 9.17) is 5.73 Å². The average molecular weight is 292 g/mol. The molecule has 4 heteroatoms. The van der Waals surface area contributed by atoms with Crippen LogP contribution < -0.4 is 5.73 Å². The highest BCUT2D eigenvalue weighted by Crippen LogP contribution is 2.11. The zero-order valence-electron chi connectivity index (χ0n) is 11.8. The molecule has 0 aliphatic rings. The number of rotatable bonds is 6. The number of halogens is 1. The van der Waals surface area contributed by atoms with Crippen LogP contribution >= 0.6 is 12.4 Å². The molecule has 2 rings (SSSR count). The van der Waals surface area contributed by atoms with Gasteiger partial charge in [-0.1, -0.05) is 30.3 Å². The van der Waals surface area contributed by atoms with E-state index in [0.717, 1.165) is 19.6 Å². The molecule has 3 nitrogen and oxygen atoms in total. The monoisotopic (exact) mass is 291 g/mol. The van der Waals surface area contributed by atoms with E-state index in [2.05, 4.69) is 47.1 Å². The number of nitrogens with zero attached hydrogens (tertiary/aromatic N) is 2. The maximum atomic E-state index is 5.72. The van der Waals surface area contributed by atoms with Crippen LogP contribution in [0.3, 0.4) is 0 Å². The molecule has 1 aromatic carbocycles. The molecule has 2 N–H and O–H groups in total. The van der Waals surface area contributed by atoms with Crippen molar-refractivity contribution in [3.05, 3.63) is 65.5 Å². The third-order valence-electron chi connectivity index (χ3n) is 3.24. The molecular formula is C16H22ClN3. The summed E-state index contributed by atoms with van der Waals surface area (Å²) in [5, 5.41) is 0. The normalized spacial score (nSPS) is 10.3. The summed E-state index contributed by atoms with van der Waals surface area (Å²) in [5.74, 6) is 0. The van der Waals surface area contributed by atoms with Gasteiger partial charge in [-0.25, -0.2) is 0 Å². The van der Waals surface area contributed by atoms with Gasteiger partial charge in [0.05, 0.1) is 0 Å². The molecule has 0 spiro atoms. The third-order valence-corrected chi connectivity index (χ3v) is 3.24. The van der Waals surface area contributed by atoms with Crippen molar-refractivity contribution in [1.82, 2.24) is 9.88 Å². The molecule has 1 heterocycles. The maximum Gasteiger partial charge on any atom is 0.0315 e. The summed E-state index contributed by atoms with van der Waals surface area (Å²) in [6, 6.07) is 12.6. The molecule has 0 aliphatic carbocycles. The van der Waals surface area contributed by atoms with Crippen molar-refractivity contribution in [3.63, 3.8) is 0 Å². The predicted octanol–water partition coefficient (Wildman–Crippen LogP) is 2.77. The van der Waals surface area contributed by atoms with E-state index in [-0.39, 0.29) is 12.4 Å². The maximum absolute atomic E-state index is 5.72. The van der Waals surface area contributed by atoms with Crippen LogP contribution in [-0.2, 0) is 13.1 Å². The number of benzene rings is 1. The Morgan fingerprint density at radius 3 is 2.50 bits per heavy atom. The second-order valence-electron chi connectivity index (χ2n) is 4.79. The zero-order chi connectivity index (χ0) is 13.5. The van der Waals surface area contributed by atoms with Gasteiger partial charge in [0.15, 0.2) is 0 Å². The van der Waals surface area contributed by atoms with Crippen molar-refractivity contribution in [2.24, 2.45) is 5.73 Å². The molecule has 1 aromatic heterocycles. The van der Waals surface area contributed by atoms with Crippen molar-refractivity contribution in [1.29, 1.82) is 0 Å². The summed E-state index contributed by atoms with van der Waals surface area (Å²) in [6.45, 7) is 5.51. The number of nitrogens with two attached hydrogens (primary N) is 1. The van der Waals surface area contributed by atoms with Crippen molar-refractivity contribution >= 4 is 12.4 Å². The van der Waals surface area contributed by atoms with Crippen LogP contribution in [0.1, 0.15) is 16.7 Å². The molecule has 0 amide bonds. The van der Waals surface area contributed by atoms with Crippen LogP contribution in [0.25, 0.3) is 0 Å². The Balaban J connectivity index is 0.00000200. The summed E-state index contributed by atoms with van der Waals surface area (Å²) in [7, 11) is 0. The Kier molecular flexibility index (Phi) is 7.23. The highest BCUT2D eigenvalue weighted by molar-refractivity contribution is 5.85. The lowest BCUT2D eigenvalue weighted by Crippen LogP contribution is -2.29. The van der Waals surface area contributed by atoms with Crippen LogP contribution in [-0.4, -0.2) is 23.0 Å². The van der Waals surface area contributed by atoms with Gasteiger partial charge < -0.3 is 5.73 Å². The van der Waals surface area contributed by atoms with Crippen LogP contribution in [0.5, 0.6) is 0 Å². The molecule has 0 fully saturated rings. The Labute approximate surface area is 127 Å². The first-order valence-corrected chi connectivity index (χ1v) is 6.65. The van der Waals surface area contributed by atoms with E-state index in [1.807, 2.05) is 18.5 Å². The van der Waals surface area contributed by atoms with Crippen molar-refractivity contribution in [2.45, 2.75) is 20.0 Å². The number of pyridine rings is 1. The number of aromatic nitrogens is 1. The summed E-state index contributed by atoms with van der Waals surface area (Å²) < 4.78 is 0. The quantitative estimate of drug-likeness (QED) is 0.890. The van der Waals surface area contributed by atoms with Crippen molar-refractivity contribution in [2.75, 3.05) is 13.1 Å². The van der Waals surface area contributed by atoms with Gasteiger partial charge in [-0.15, -0.1) is 12.4 Å². The molecule has 0 bridgehead atoms. The van der Waals surface area contributed by atoms with Gasteiger partial charge >= 0.3 is 0 Å². The topological polar surface area (TPSA) is 42.2 Å². The van der Waals surface area contributed by atoms with Crippen molar-refractivity contribution in [3.8, 4) is 0 Å². The summed E-state index contributed by atoms with van der Waals surface area (Å²) >= 11 is 0. The van der Waals surface area contributed by atoms with E-state index in [1.165, 1.54) is 16.7 Å². The number of hydrogen-bond donors (Lipinski definition) is 1. The first kappa shape index (κ1) is 16.6. The number of aryl methyl sites for hydroxylation is 1. The molecular weight excluding hydrogens is 270 g/mol. The number of hydrogen-bond acceptors (Lipinski definition) is 3. The predicted molar refractivity (Wildman–Crippen MR) is 85.8 cm³/mol. The van der Waals surface area contributed by atoms with E-state index in [0.29, 0.717) is 6.54 Å². The van der Waals surface area contributed by atoms with Gasteiger partial charge in [-0.2, -0.15) is 0 Å². The van der Waals surface area contributed by atoms with Crippen LogP contribution in [0, 0.1) is 6.92 Å². The summed E-state index contributed by atoms with van der Waals surface area (Å²) in [6.07, 6.45) is 3.78. The van der Waals surface area contributed by atoms with E-state index in [1.54, 1.807) is 0 Å². The summed E-state index contributed by atoms with van der Waals surface area (Å²) in [5.41, 5.74) is 9.59. The molecule has 108 valence electrons. The second kappa shape index (κ2) is 8.69. The van der Waals surface area contributed by atoms with Crippen molar-refractivity contribution < 1.29 is 0 Å². The SMILES string of the molecule is Cc1ccncc1CN(CCN)Cc1ccccc1.Cl. The molecule has 0 atom stereocenters. The average Bonchev–Trinajstić information content (AvgIpc) is 2.43. The van der Waals surface area contributed by atoms with E-state index < -0.39 is 0 Å². The molecule has 0 radical (unpaired) electrons. The lowest BCUT2D eigenvalue weighted by Gasteiger charge is -2.22. The fraction of sp³-hybridized carbons (Fsp3) is 0.312. The van der Waals surface area contributed by atoms with Gasteiger partial charge in [0.2, 0.25) is 0 Å². The third kappa shape index (κ3) is 4.93. The molecule has 0 saturated carbocycles. The van der Waals surface area contributed by atoms with Crippen LogP contribution in [0.2, 0.25) is 0 Å². The fourth-order valence-electron chi connectivity index (χ4n) is 2.14. The molecule has 2 aromatic rings.